The fraction of sp³-hybridized carbons (Fsp3) is 0.259. The molecule has 3 rings (SSSR count). The zero-order valence-corrected chi connectivity index (χ0v) is 23.1. The Bertz CT molecular complexity index is 1350. The predicted octanol–water partition coefficient (Wildman–Crippen LogP) is 4.91. The average molecular weight is 563 g/mol. The van der Waals surface area contributed by atoms with E-state index >= 15 is 0 Å². The Balaban J connectivity index is 2.03. The monoisotopic (exact) mass is 561 g/mol. The number of hydrogen-bond donors (Lipinski definition) is 1. The molecule has 7 nitrogen and oxygen atoms in total. The van der Waals surface area contributed by atoms with Crippen LogP contribution in [0.3, 0.4) is 0 Å². The number of nitrogens with one attached hydrogen (secondary N) is 1. The van der Waals surface area contributed by atoms with Crippen LogP contribution in [0.25, 0.3) is 0 Å². The van der Waals surface area contributed by atoms with Gasteiger partial charge in [0.25, 0.3) is 10.0 Å². The molecule has 0 fully saturated rings. The van der Waals surface area contributed by atoms with Crippen LogP contribution in [0.4, 0.5) is 5.69 Å². The number of carbonyl (C=O) groups excluding carboxylic acids is 2. The number of nitrogens with zero attached hydrogens (tertiary/aromatic N) is 2. The molecule has 3 aromatic rings. The van der Waals surface area contributed by atoms with E-state index in [-0.39, 0.29) is 11.4 Å². The predicted molar refractivity (Wildman–Crippen MR) is 147 cm³/mol. The molecule has 0 aromatic heterocycles. The van der Waals surface area contributed by atoms with Crippen LogP contribution in [-0.4, -0.2) is 44.8 Å². The van der Waals surface area contributed by atoms with Gasteiger partial charge >= 0.3 is 0 Å². The summed E-state index contributed by atoms with van der Waals surface area (Å²) >= 11 is 12.2. The molecule has 0 aliphatic rings. The summed E-state index contributed by atoms with van der Waals surface area (Å²) in [5, 5.41) is 3.22. The SMILES string of the molecule is CCc1ccc(N(CC(=O)N(Cc2ccc(Cl)c(Cl)c2)C(C)C(=O)NC)S(=O)(=O)c2ccccc2)cc1. The van der Waals surface area contributed by atoms with Gasteiger partial charge in [0.2, 0.25) is 11.8 Å². The molecule has 0 aliphatic carbocycles. The topological polar surface area (TPSA) is 86.8 Å². The van der Waals surface area contributed by atoms with E-state index in [2.05, 4.69) is 5.32 Å². The molecule has 0 aliphatic heterocycles. The lowest BCUT2D eigenvalue weighted by molar-refractivity contribution is -0.139. The molecule has 1 atom stereocenters. The first kappa shape index (κ1) is 28.5. The Kier molecular flexibility index (Phi) is 9.59. The summed E-state index contributed by atoms with van der Waals surface area (Å²) in [6.07, 6.45) is 0.783. The van der Waals surface area contributed by atoms with E-state index in [0.29, 0.717) is 21.3 Å². The second-order valence-electron chi connectivity index (χ2n) is 8.41. The molecule has 0 bridgehead atoms. The quantitative estimate of drug-likeness (QED) is 0.380. The summed E-state index contributed by atoms with van der Waals surface area (Å²) in [5.41, 5.74) is 2.02. The van der Waals surface area contributed by atoms with Crippen LogP contribution in [-0.2, 0) is 32.6 Å². The Morgan fingerprint density at radius 3 is 2.11 bits per heavy atom. The van der Waals surface area contributed by atoms with Crippen molar-refractivity contribution in [2.24, 2.45) is 0 Å². The van der Waals surface area contributed by atoms with Crippen molar-refractivity contribution >= 4 is 50.7 Å². The van der Waals surface area contributed by atoms with Gasteiger partial charge in [-0.3, -0.25) is 13.9 Å². The molecule has 0 heterocycles. The molecule has 2 amide bonds. The van der Waals surface area contributed by atoms with Crippen LogP contribution in [0.15, 0.2) is 77.7 Å². The second kappa shape index (κ2) is 12.4. The highest BCUT2D eigenvalue weighted by molar-refractivity contribution is 7.92. The van der Waals surface area contributed by atoms with Crippen molar-refractivity contribution in [3.05, 3.63) is 94.0 Å². The number of rotatable bonds is 10. The highest BCUT2D eigenvalue weighted by Gasteiger charge is 2.32. The van der Waals surface area contributed by atoms with Crippen LogP contribution in [0.5, 0.6) is 0 Å². The lowest BCUT2D eigenvalue weighted by atomic mass is 10.1. The van der Waals surface area contributed by atoms with Crippen LogP contribution in [0.2, 0.25) is 10.0 Å². The van der Waals surface area contributed by atoms with E-state index in [1.165, 1.54) is 24.1 Å². The highest BCUT2D eigenvalue weighted by Crippen LogP contribution is 2.26. The summed E-state index contributed by atoms with van der Waals surface area (Å²) in [7, 11) is -2.62. The minimum Gasteiger partial charge on any atom is -0.357 e. The van der Waals surface area contributed by atoms with E-state index in [1.54, 1.807) is 55.5 Å². The van der Waals surface area contributed by atoms with Crippen molar-refractivity contribution in [3.8, 4) is 0 Å². The number of carbonyl (C=O) groups is 2. The molecule has 1 unspecified atom stereocenters. The minimum absolute atomic E-state index is 0.0261. The van der Waals surface area contributed by atoms with E-state index < -0.39 is 34.4 Å². The number of likely N-dealkylation sites (N-methyl/N-ethyl adjacent to an activating group) is 1. The second-order valence-corrected chi connectivity index (χ2v) is 11.1. The first-order valence-corrected chi connectivity index (χ1v) is 13.9. The van der Waals surface area contributed by atoms with Crippen molar-refractivity contribution < 1.29 is 18.0 Å². The normalized spacial score (nSPS) is 12.0. The maximum atomic E-state index is 13.7. The smallest absolute Gasteiger partial charge is 0.264 e. The first-order valence-electron chi connectivity index (χ1n) is 11.7. The van der Waals surface area contributed by atoms with Gasteiger partial charge in [0.05, 0.1) is 20.6 Å². The largest absolute Gasteiger partial charge is 0.357 e. The first-order chi connectivity index (χ1) is 17.6. The summed E-state index contributed by atoms with van der Waals surface area (Å²) in [6.45, 7) is 3.10. The van der Waals surface area contributed by atoms with E-state index in [0.717, 1.165) is 16.3 Å². The molecule has 3 aromatic carbocycles. The maximum absolute atomic E-state index is 13.7. The van der Waals surface area contributed by atoms with Crippen LogP contribution >= 0.6 is 23.2 Å². The third-order valence-corrected chi connectivity index (χ3v) is 8.52. The summed E-state index contributed by atoms with van der Waals surface area (Å²) in [6, 6.07) is 19.0. The number of hydrogen-bond acceptors (Lipinski definition) is 4. The third-order valence-electron chi connectivity index (χ3n) is 5.99. The molecule has 10 heteroatoms. The number of amides is 2. The Morgan fingerprint density at radius 2 is 1.54 bits per heavy atom. The van der Waals surface area contributed by atoms with E-state index in [1.807, 2.05) is 19.1 Å². The summed E-state index contributed by atoms with van der Waals surface area (Å²) < 4.78 is 28.5. The fourth-order valence-corrected chi connectivity index (χ4v) is 5.53. The van der Waals surface area contributed by atoms with Crippen LogP contribution in [0.1, 0.15) is 25.0 Å². The molecule has 196 valence electrons. The minimum atomic E-state index is -4.09. The van der Waals surface area contributed by atoms with Crippen molar-refractivity contribution in [3.63, 3.8) is 0 Å². The number of sulfonamides is 1. The van der Waals surface area contributed by atoms with Gasteiger partial charge in [-0.05, 0) is 60.9 Å². The van der Waals surface area contributed by atoms with Gasteiger partial charge in [0, 0.05) is 13.6 Å². The van der Waals surface area contributed by atoms with Gasteiger partial charge in [-0.1, -0.05) is 66.5 Å². The highest BCUT2D eigenvalue weighted by atomic mass is 35.5. The molecule has 1 N–H and O–H groups in total. The van der Waals surface area contributed by atoms with Crippen LogP contribution < -0.4 is 9.62 Å². The van der Waals surface area contributed by atoms with Crippen molar-refractivity contribution in [2.45, 2.75) is 37.8 Å². The lowest BCUT2D eigenvalue weighted by Gasteiger charge is -2.32. The van der Waals surface area contributed by atoms with E-state index in [4.69, 9.17) is 23.2 Å². The van der Waals surface area contributed by atoms with Gasteiger partial charge < -0.3 is 10.2 Å². The number of aryl methyl sites for hydroxylation is 1. The van der Waals surface area contributed by atoms with Gasteiger partial charge in [0.15, 0.2) is 0 Å². The lowest BCUT2D eigenvalue weighted by Crippen LogP contribution is -2.50. The van der Waals surface area contributed by atoms with Gasteiger partial charge in [-0.25, -0.2) is 8.42 Å². The molecular formula is C27H29Cl2N3O4S. The zero-order valence-electron chi connectivity index (χ0n) is 20.8. The number of anilines is 1. The average Bonchev–Trinajstić information content (AvgIpc) is 2.91. The molecule has 0 spiro atoms. The summed E-state index contributed by atoms with van der Waals surface area (Å²) in [4.78, 5) is 27.6. The Morgan fingerprint density at radius 1 is 0.919 bits per heavy atom. The molecule has 0 saturated heterocycles. The Hall–Kier alpha value is -3.07. The number of halogens is 2. The van der Waals surface area contributed by atoms with Crippen molar-refractivity contribution in [1.29, 1.82) is 0 Å². The third kappa shape index (κ3) is 6.83. The van der Waals surface area contributed by atoms with Gasteiger partial charge in [-0.15, -0.1) is 0 Å². The van der Waals surface area contributed by atoms with Gasteiger partial charge in [0.1, 0.15) is 12.6 Å². The molecule has 0 saturated carbocycles. The van der Waals surface area contributed by atoms with E-state index in [9.17, 15) is 18.0 Å². The fourth-order valence-electron chi connectivity index (χ4n) is 3.77. The van der Waals surface area contributed by atoms with Gasteiger partial charge in [-0.2, -0.15) is 0 Å². The molecule has 0 radical (unpaired) electrons. The molecule has 37 heavy (non-hydrogen) atoms. The maximum Gasteiger partial charge on any atom is 0.264 e. The summed E-state index contributed by atoms with van der Waals surface area (Å²) in [5.74, 6) is -0.945. The van der Waals surface area contributed by atoms with Crippen LogP contribution in [0, 0.1) is 0 Å². The van der Waals surface area contributed by atoms with Crippen molar-refractivity contribution in [2.75, 3.05) is 17.9 Å². The van der Waals surface area contributed by atoms with Crippen molar-refractivity contribution in [1.82, 2.24) is 10.2 Å². The number of benzene rings is 3. The standard InChI is InChI=1S/C27H29Cl2N3O4S/c1-4-20-10-13-22(14-11-20)32(37(35,36)23-8-6-5-7-9-23)18-26(33)31(19(2)27(34)30-3)17-21-12-15-24(28)25(29)16-21/h5-16,19H,4,17-18H2,1-3H3,(H,30,34). The molecular weight excluding hydrogens is 533 g/mol. The Labute approximate surface area is 228 Å². The zero-order chi connectivity index (χ0) is 27.2.